The lowest BCUT2D eigenvalue weighted by Crippen LogP contribution is -2.03. The van der Waals surface area contributed by atoms with Crippen LogP contribution in [0.2, 0.25) is 0 Å². The Hall–Kier alpha value is -0.110. The van der Waals surface area contributed by atoms with Gasteiger partial charge in [0.1, 0.15) is 0 Å². The number of hydrogen-bond donors (Lipinski definition) is 0. The predicted molar refractivity (Wildman–Crippen MR) is 150 cm³/mol. The molecule has 0 saturated heterocycles. The molecular formula is C30H60OS. The molecule has 0 fully saturated rings. The summed E-state index contributed by atoms with van der Waals surface area (Å²) in [6.45, 7) is 5.42. The molecule has 0 rings (SSSR count). The van der Waals surface area contributed by atoms with Crippen molar-refractivity contribution in [3.8, 4) is 0 Å². The summed E-state index contributed by atoms with van der Waals surface area (Å²) in [6.07, 6.45) is 35.9. The number of thiocarbonyl (C=S) groups is 1. The van der Waals surface area contributed by atoms with E-state index < -0.39 is 0 Å². The Bertz CT molecular complexity index is 355. The van der Waals surface area contributed by atoms with Crippen molar-refractivity contribution in [2.45, 2.75) is 181 Å². The van der Waals surface area contributed by atoms with Crippen LogP contribution in [0.4, 0.5) is 0 Å². The van der Waals surface area contributed by atoms with Gasteiger partial charge in [-0.15, -0.1) is 0 Å². The summed E-state index contributed by atoms with van der Waals surface area (Å²) in [5.74, 6) is 0. The molecule has 0 aliphatic rings. The Morgan fingerprint density at radius 3 is 1.03 bits per heavy atom. The van der Waals surface area contributed by atoms with Gasteiger partial charge in [-0.25, -0.2) is 0 Å². The zero-order chi connectivity index (χ0) is 23.4. The van der Waals surface area contributed by atoms with Gasteiger partial charge in [0.05, 0.1) is 6.61 Å². The minimum absolute atomic E-state index is 0.841. The van der Waals surface area contributed by atoms with Gasteiger partial charge in [0.15, 0.2) is 5.05 Å². The van der Waals surface area contributed by atoms with E-state index in [-0.39, 0.29) is 0 Å². The normalized spacial score (nSPS) is 11.2. The SMILES string of the molecule is CCCCCCCCCCCCCCCCCC(=S)OCCCCCCCCCCCC. The molecule has 0 unspecified atom stereocenters. The first-order valence-corrected chi connectivity index (χ1v) is 15.4. The van der Waals surface area contributed by atoms with Gasteiger partial charge >= 0.3 is 0 Å². The molecular weight excluding hydrogens is 408 g/mol. The molecule has 0 saturated carbocycles. The molecule has 0 aromatic carbocycles. The Kier molecular flexibility index (Phi) is 28.8. The lowest BCUT2D eigenvalue weighted by molar-refractivity contribution is 0.290. The van der Waals surface area contributed by atoms with E-state index in [2.05, 4.69) is 13.8 Å². The molecule has 0 heterocycles. The van der Waals surface area contributed by atoms with Gasteiger partial charge in [-0.3, -0.25) is 0 Å². The maximum absolute atomic E-state index is 5.76. The quantitative estimate of drug-likeness (QED) is 0.0875. The summed E-state index contributed by atoms with van der Waals surface area (Å²) >= 11 is 5.40. The molecule has 0 bridgehead atoms. The monoisotopic (exact) mass is 468 g/mol. The Morgan fingerprint density at radius 2 is 0.688 bits per heavy atom. The fourth-order valence-corrected chi connectivity index (χ4v) is 4.72. The van der Waals surface area contributed by atoms with E-state index in [9.17, 15) is 0 Å². The molecule has 192 valence electrons. The van der Waals surface area contributed by atoms with Crippen LogP contribution >= 0.6 is 12.2 Å². The molecule has 32 heavy (non-hydrogen) atoms. The first-order chi connectivity index (χ1) is 15.8. The van der Waals surface area contributed by atoms with Crippen molar-refractivity contribution in [1.29, 1.82) is 0 Å². The molecule has 2 heteroatoms. The van der Waals surface area contributed by atoms with E-state index in [0.717, 1.165) is 18.1 Å². The summed E-state index contributed by atoms with van der Waals surface area (Å²) in [4.78, 5) is 0. The standard InChI is InChI=1S/C30H60OS/c1-3-5-7-9-11-13-15-16-17-18-19-20-22-24-26-28-30(32)31-29-27-25-23-21-14-12-10-8-6-4-2/h3-29H2,1-2H3. The second-order valence-corrected chi connectivity index (χ2v) is 10.6. The Morgan fingerprint density at radius 1 is 0.406 bits per heavy atom. The number of rotatable bonds is 27. The number of unbranched alkanes of at least 4 members (excludes halogenated alkanes) is 23. The van der Waals surface area contributed by atoms with Crippen LogP contribution in [0.5, 0.6) is 0 Å². The molecule has 0 N–H and O–H groups in total. The molecule has 1 nitrogen and oxygen atoms in total. The molecule has 0 radical (unpaired) electrons. The zero-order valence-corrected chi connectivity index (χ0v) is 23.2. The largest absolute Gasteiger partial charge is 0.487 e. The van der Waals surface area contributed by atoms with E-state index in [4.69, 9.17) is 17.0 Å². The van der Waals surface area contributed by atoms with Gasteiger partial charge < -0.3 is 4.74 Å². The van der Waals surface area contributed by atoms with Gasteiger partial charge in [0, 0.05) is 6.42 Å². The Balaban J connectivity index is 3.13. The van der Waals surface area contributed by atoms with Gasteiger partial charge in [0.25, 0.3) is 0 Å². The van der Waals surface area contributed by atoms with Crippen molar-refractivity contribution in [1.82, 2.24) is 0 Å². The third kappa shape index (κ3) is 27.9. The fourth-order valence-electron chi connectivity index (χ4n) is 4.49. The third-order valence-corrected chi connectivity index (χ3v) is 7.07. The van der Waals surface area contributed by atoms with Gasteiger partial charge in [0.2, 0.25) is 0 Å². The molecule has 0 atom stereocenters. The van der Waals surface area contributed by atoms with Gasteiger partial charge in [-0.05, 0) is 25.1 Å². The average molecular weight is 469 g/mol. The molecule has 0 spiro atoms. The molecule has 0 aliphatic carbocycles. The van der Waals surface area contributed by atoms with Gasteiger partial charge in [-0.2, -0.15) is 0 Å². The highest BCUT2D eigenvalue weighted by Gasteiger charge is 1.99. The van der Waals surface area contributed by atoms with Crippen molar-refractivity contribution in [3.63, 3.8) is 0 Å². The van der Waals surface area contributed by atoms with E-state index in [1.807, 2.05) is 0 Å². The van der Waals surface area contributed by atoms with E-state index in [1.54, 1.807) is 0 Å². The molecule has 0 aliphatic heterocycles. The first kappa shape index (κ1) is 31.9. The summed E-state index contributed by atoms with van der Waals surface area (Å²) in [5, 5.41) is 0.857. The summed E-state index contributed by atoms with van der Waals surface area (Å²) < 4.78 is 5.76. The van der Waals surface area contributed by atoms with Gasteiger partial charge in [-0.1, -0.05) is 162 Å². The minimum Gasteiger partial charge on any atom is -0.487 e. The minimum atomic E-state index is 0.841. The van der Waals surface area contributed by atoms with Crippen LogP contribution in [-0.2, 0) is 4.74 Å². The maximum atomic E-state index is 5.76. The highest BCUT2D eigenvalue weighted by Crippen LogP contribution is 2.14. The molecule has 0 aromatic heterocycles. The second-order valence-electron chi connectivity index (χ2n) is 10.1. The molecule has 0 aromatic rings. The zero-order valence-electron chi connectivity index (χ0n) is 22.4. The summed E-state index contributed by atoms with van der Waals surface area (Å²) in [5.41, 5.74) is 0. The molecule has 0 amide bonds. The topological polar surface area (TPSA) is 9.23 Å². The van der Waals surface area contributed by atoms with Crippen LogP contribution in [0.3, 0.4) is 0 Å². The maximum Gasteiger partial charge on any atom is 0.159 e. The van der Waals surface area contributed by atoms with Crippen LogP contribution in [-0.4, -0.2) is 11.7 Å². The summed E-state index contributed by atoms with van der Waals surface area (Å²) in [7, 11) is 0. The van der Waals surface area contributed by atoms with Crippen molar-refractivity contribution >= 4 is 17.3 Å². The van der Waals surface area contributed by atoms with Crippen LogP contribution in [0.25, 0.3) is 0 Å². The highest BCUT2D eigenvalue weighted by molar-refractivity contribution is 7.80. The third-order valence-electron chi connectivity index (χ3n) is 6.75. The van der Waals surface area contributed by atoms with Crippen molar-refractivity contribution < 1.29 is 4.74 Å². The van der Waals surface area contributed by atoms with Crippen LogP contribution < -0.4 is 0 Å². The average Bonchev–Trinajstić information content (AvgIpc) is 2.80. The summed E-state index contributed by atoms with van der Waals surface area (Å²) in [6, 6.07) is 0. The van der Waals surface area contributed by atoms with Crippen LogP contribution in [0.15, 0.2) is 0 Å². The lowest BCUT2D eigenvalue weighted by atomic mass is 10.0. The van der Waals surface area contributed by atoms with Crippen molar-refractivity contribution in [2.24, 2.45) is 0 Å². The van der Waals surface area contributed by atoms with E-state index in [0.29, 0.717) is 0 Å². The lowest BCUT2D eigenvalue weighted by Gasteiger charge is -2.08. The fraction of sp³-hybridized carbons (Fsp3) is 0.967. The van der Waals surface area contributed by atoms with Crippen molar-refractivity contribution in [2.75, 3.05) is 6.61 Å². The smallest absolute Gasteiger partial charge is 0.159 e. The first-order valence-electron chi connectivity index (χ1n) is 15.0. The van der Waals surface area contributed by atoms with Crippen LogP contribution in [0, 0.1) is 0 Å². The van der Waals surface area contributed by atoms with E-state index >= 15 is 0 Å². The highest BCUT2D eigenvalue weighted by atomic mass is 32.1. The van der Waals surface area contributed by atoms with E-state index in [1.165, 1.54) is 161 Å². The number of ether oxygens (including phenoxy) is 1. The van der Waals surface area contributed by atoms with Crippen LogP contribution in [0.1, 0.15) is 181 Å². The number of hydrogen-bond acceptors (Lipinski definition) is 2. The van der Waals surface area contributed by atoms with Crippen molar-refractivity contribution in [3.05, 3.63) is 0 Å². The second kappa shape index (κ2) is 28.9. The predicted octanol–water partition coefficient (Wildman–Crippen LogP) is 11.5. The Labute approximate surface area is 209 Å².